The van der Waals surface area contributed by atoms with Crippen LogP contribution in [0.25, 0.3) is 10.9 Å². The van der Waals surface area contributed by atoms with Crippen LogP contribution in [0.4, 0.5) is 11.4 Å². The molecular weight excluding hydrogens is 270 g/mol. The van der Waals surface area contributed by atoms with Crippen LogP contribution in [0.3, 0.4) is 0 Å². The monoisotopic (exact) mass is 281 g/mol. The van der Waals surface area contributed by atoms with Gasteiger partial charge in [-0.25, -0.2) is 15.0 Å². The number of hydrogen-bond acceptors (Lipinski definition) is 6. The molecule has 7 nitrogen and oxygen atoms in total. The molecule has 3 rings (SSSR count). The van der Waals surface area contributed by atoms with Gasteiger partial charge in [-0.05, 0) is 12.1 Å². The average molecular weight is 281 g/mol. The number of nitro benzene ring substituents is 1. The summed E-state index contributed by atoms with van der Waals surface area (Å²) in [5.41, 5.74) is 1.98. The van der Waals surface area contributed by atoms with Gasteiger partial charge in [0.1, 0.15) is 11.8 Å². The Morgan fingerprint density at radius 1 is 1.14 bits per heavy atom. The molecule has 2 aromatic heterocycles. The Labute approximate surface area is 119 Å². The number of para-hydroxylation sites is 1. The lowest BCUT2D eigenvalue weighted by atomic mass is 10.1. The summed E-state index contributed by atoms with van der Waals surface area (Å²) < 4.78 is 0. The van der Waals surface area contributed by atoms with Crippen LogP contribution in [0.5, 0.6) is 0 Å². The summed E-state index contributed by atoms with van der Waals surface area (Å²) >= 11 is 0. The van der Waals surface area contributed by atoms with Crippen LogP contribution in [-0.4, -0.2) is 19.9 Å². The van der Waals surface area contributed by atoms with E-state index in [1.54, 1.807) is 36.7 Å². The summed E-state index contributed by atoms with van der Waals surface area (Å²) in [5, 5.41) is 15.0. The second-order valence-electron chi connectivity index (χ2n) is 4.34. The molecule has 1 N–H and O–H groups in total. The van der Waals surface area contributed by atoms with E-state index in [-0.39, 0.29) is 5.69 Å². The van der Waals surface area contributed by atoms with E-state index < -0.39 is 4.92 Å². The highest BCUT2D eigenvalue weighted by Gasteiger charge is 2.14. The number of benzene rings is 1. The van der Waals surface area contributed by atoms with Crippen molar-refractivity contribution in [3.05, 3.63) is 64.9 Å². The van der Waals surface area contributed by atoms with Gasteiger partial charge >= 0.3 is 0 Å². The highest BCUT2D eigenvalue weighted by atomic mass is 16.6. The molecule has 0 saturated heterocycles. The van der Waals surface area contributed by atoms with Crippen molar-refractivity contribution < 1.29 is 4.92 Å². The summed E-state index contributed by atoms with van der Waals surface area (Å²) in [6.45, 7) is 0.504. The van der Waals surface area contributed by atoms with Crippen molar-refractivity contribution in [3.8, 4) is 0 Å². The predicted octanol–water partition coefficient (Wildman–Crippen LogP) is 2.55. The van der Waals surface area contributed by atoms with Crippen molar-refractivity contribution in [2.45, 2.75) is 6.54 Å². The molecule has 0 aliphatic heterocycles. The first-order chi connectivity index (χ1) is 10.3. The molecule has 0 aliphatic carbocycles. The molecule has 21 heavy (non-hydrogen) atoms. The van der Waals surface area contributed by atoms with Gasteiger partial charge in [0.25, 0.3) is 5.69 Å². The highest BCUT2D eigenvalue weighted by molar-refractivity contribution is 5.96. The summed E-state index contributed by atoms with van der Waals surface area (Å²) in [6.07, 6.45) is 4.70. The second kappa shape index (κ2) is 5.49. The third-order valence-corrected chi connectivity index (χ3v) is 3.05. The molecule has 0 aliphatic rings. The number of pyridine rings is 1. The van der Waals surface area contributed by atoms with Gasteiger partial charge in [0.05, 0.1) is 17.2 Å². The van der Waals surface area contributed by atoms with Crippen LogP contribution in [0.1, 0.15) is 5.69 Å². The molecule has 1 aromatic carbocycles. The van der Waals surface area contributed by atoms with E-state index in [1.807, 2.05) is 0 Å². The molecule has 0 saturated carbocycles. The number of aromatic nitrogens is 3. The topological polar surface area (TPSA) is 93.8 Å². The fourth-order valence-corrected chi connectivity index (χ4v) is 2.07. The number of fused-ring (bicyclic) bond motifs is 1. The summed E-state index contributed by atoms with van der Waals surface area (Å²) in [4.78, 5) is 22.7. The standard InChI is InChI=1S/C14H11N5O2/c20-19(21)13-3-1-2-11-12(5-7-16-14(11)13)17-8-10-4-6-15-9-18-10/h1-7,9H,8H2,(H,16,17). The lowest BCUT2D eigenvalue weighted by molar-refractivity contribution is -0.383. The van der Waals surface area contributed by atoms with E-state index in [0.717, 1.165) is 11.4 Å². The van der Waals surface area contributed by atoms with Crippen LogP contribution in [0.2, 0.25) is 0 Å². The molecular formula is C14H11N5O2. The minimum atomic E-state index is -0.427. The normalized spacial score (nSPS) is 10.5. The van der Waals surface area contributed by atoms with Crippen molar-refractivity contribution in [1.82, 2.24) is 15.0 Å². The molecule has 2 heterocycles. The smallest absolute Gasteiger partial charge is 0.295 e. The van der Waals surface area contributed by atoms with Crippen LogP contribution in [0, 0.1) is 10.1 Å². The Morgan fingerprint density at radius 2 is 2.05 bits per heavy atom. The van der Waals surface area contributed by atoms with Gasteiger partial charge in [-0.15, -0.1) is 0 Å². The predicted molar refractivity (Wildman–Crippen MR) is 77.8 cm³/mol. The molecule has 0 fully saturated rings. The van der Waals surface area contributed by atoms with Crippen molar-refractivity contribution in [3.63, 3.8) is 0 Å². The quantitative estimate of drug-likeness (QED) is 0.583. The Balaban J connectivity index is 1.96. The number of hydrogen-bond donors (Lipinski definition) is 1. The number of nitro groups is 1. The molecule has 7 heteroatoms. The van der Waals surface area contributed by atoms with Gasteiger partial charge in [-0.1, -0.05) is 12.1 Å². The van der Waals surface area contributed by atoms with E-state index in [0.29, 0.717) is 17.4 Å². The van der Waals surface area contributed by atoms with E-state index in [2.05, 4.69) is 20.3 Å². The molecule has 0 bridgehead atoms. The Kier molecular flexibility index (Phi) is 3.38. The third-order valence-electron chi connectivity index (χ3n) is 3.05. The second-order valence-corrected chi connectivity index (χ2v) is 4.34. The summed E-state index contributed by atoms with van der Waals surface area (Å²) in [6, 6.07) is 8.49. The van der Waals surface area contributed by atoms with Gasteiger partial charge in [0, 0.05) is 29.5 Å². The fraction of sp³-hybridized carbons (Fsp3) is 0.0714. The molecule has 104 valence electrons. The van der Waals surface area contributed by atoms with Crippen molar-refractivity contribution >= 4 is 22.3 Å². The van der Waals surface area contributed by atoms with Crippen molar-refractivity contribution in [1.29, 1.82) is 0 Å². The minimum absolute atomic E-state index is 0.00168. The SMILES string of the molecule is O=[N+]([O-])c1cccc2c(NCc3ccncn3)ccnc12. The van der Waals surface area contributed by atoms with Gasteiger partial charge < -0.3 is 5.32 Å². The summed E-state index contributed by atoms with van der Waals surface area (Å²) in [5.74, 6) is 0. The molecule has 0 spiro atoms. The lowest BCUT2D eigenvalue weighted by Crippen LogP contribution is -2.03. The van der Waals surface area contributed by atoms with E-state index in [9.17, 15) is 10.1 Å². The molecule has 3 aromatic rings. The zero-order valence-electron chi connectivity index (χ0n) is 10.9. The van der Waals surface area contributed by atoms with Gasteiger partial charge in [0.15, 0.2) is 0 Å². The first-order valence-corrected chi connectivity index (χ1v) is 6.26. The molecule has 0 unspecified atom stereocenters. The van der Waals surface area contributed by atoms with Crippen molar-refractivity contribution in [2.75, 3.05) is 5.32 Å². The van der Waals surface area contributed by atoms with Crippen LogP contribution in [-0.2, 0) is 6.54 Å². The number of nitrogens with one attached hydrogen (secondary N) is 1. The Bertz CT molecular complexity index is 792. The number of non-ortho nitro benzene ring substituents is 1. The van der Waals surface area contributed by atoms with Crippen molar-refractivity contribution in [2.24, 2.45) is 0 Å². The number of anilines is 1. The van der Waals surface area contributed by atoms with Gasteiger partial charge in [-0.2, -0.15) is 0 Å². The maximum absolute atomic E-state index is 11.0. The zero-order valence-corrected chi connectivity index (χ0v) is 10.9. The molecule has 0 atom stereocenters. The first kappa shape index (κ1) is 12.9. The van der Waals surface area contributed by atoms with Crippen LogP contribution < -0.4 is 5.32 Å². The average Bonchev–Trinajstić information content (AvgIpc) is 2.53. The maximum Gasteiger partial charge on any atom is 0.295 e. The Hall–Kier alpha value is -3.09. The van der Waals surface area contributed by atoms with Gasteiger partial charge in [0.2, 0.25) is 0 Å². The third kappa shape index (κ3) is 2.62. The van der Waals surface area contributed by atoms with Crippen LogP contribution in [0.15, 0.2) is 49.1 Å². The summed E-state index contributed by atoms with van der Waals surface area (Å²) in [7, 11) is 0. The Morgan fingerprint density at radius 3 is 2.81 bits per heavy atom. The minimum Gasteiger partial charge on any atom is -0.379 e. The fourth-order valence-electron chi connectivity index (χ4n) is 2.07. The number of nitrogens with zero attached hydrogens (tertiary/aromatic N) is 4. The molecule has 0 amide bonds. The van der Waals surface area contributed by atoms with E-state index in [1.165, 1.54) is 12.4 Å². The highest BCUT2D eigenvalue weighted by Crippen LogP contribution is 2.28. The van der Waals surface area contributed by atoms with Crippen LogP contribution >= 0.6 is 0 Å². The number of rotatable bonds is 4. The molecule has 0 radical (unpaired) electrons. The van der Waals surface area contributed by atoms with Gasteiger partial charge in [-0.3, -0.25) is 10.1 Å². The lowest BCUT2D eigenvalue weighted by Gasteiger charge is -2.08. The maximum atomic E-state index is 11.0. The largest absolute Gasteiger partial charge is 0.379 e. The zero-order chi connectivity index (χ0) is 14.7. The van der Waals surface area contributed by atoms with E-state index in [4.69, 9.17) is 0 Å². The first-order valence-electron chi connectivity index (χ1n) is 6.26. The van der Waals surface area contributed by atoms with E-state index >= 15 is 0 Å².